The van der Waals surface area contributed by atoms with Crippen molar-refractivity contribution in [2.45, 2.75) is 6.54 Å². The summed E-state index contributed by atoms with van der Waals surface area (Å²) < 4.78 is 17.9. The smallest absolute Gasteiger partial charge is 0.123 e. The molecule has 0 aliphatic rings. The average Bonchev–Trinajstić information content (AvgIpc) is 2.03. The van der Waals surface area contributed by atoms with Crippen LogP contribution in [0.2, 0.25) is 0 Å². The number of ether oxygens (including phenoxy) is 1. The van der Waals surface area contributed by atoms with E-state index in [4.69, 9.17) is 4.74 Å². The Morgan fingerprint density at radius 3 is 2.77 bits per heavy atom. The minimum Gasteiger partial charge on any atom is -0.496 e. The second-order valence-corrected chi connectivity index (χ2v) is 2.97. The zero-order valence-electron chi connectivity index (χ0n) is 7.88. The van der Waals surface area contributed by atoms with Crippen LogP contribution in [0, 0.1) is 12.9 Å². The highest BCUT2D eigenvalue weighted by Gasteiger charge is 2.03. The van der Waals surface area contributed by atoms with Gasteiger partial charge < -0.3 is 9.64 Å². The molecule has 0 fully saturated rings. The van der Waals surface area contributed by atoms with E-state index in [0.29, 0.717) is 12.3 Å². The molecule has 0 radical (unpaired) electrons. The SMILES string of the molecule is [CH2-]N(C)Cc1cc(F)ccc1OC. The molecule has 0 aliphatic heterocycles. The van der Waals surface area contributed by atoms with Crippen LogP contribution in [0.5, 0.6) is 5.75 Å². The van der Waals surface area contributed by atoms with Gasteiger partial charge in [-0.25, -0.2) is 4.39 Å². The molecule has 0 spiro atoms. The quantitative estimate of drug-likeness (QED) is 0.663. The van der Waals surface area contributed by atoms with Crippen molar-refractivity contribution in [3.63, 3.8) is 0 Å². The van der Waals surface area contributed by atoms with Crippen LogP contribution in [0.4, 0.5) is 4.39 Å². The van der Waals surface area contributed by atoms with Crippen molar-refractivity contribution in [1.29, 1.82) is 0 Å². The van der Waals surface area contributed by atoms with E-state index in [2.05, 4.69) is 7.05 Å². The van der Waals surface area contributed by atoms with E-state index in [-0.39, 0.29) is 5.82 Å². The number of methoxy groups -OCH3 is 1. The summed E-state index contributed by atoms with van der Waals surface area (Å²) in [4.78, 5) is 1.72. The number of hydrogen-bond donors (Lipinski definition) is 0. The molecule has 0 saturated heterocycles. The Balaban J connectivity index is 2.94. The zero-order chi connectivity index (χ0) is 9.84. The standard InChI is InChI=1S/C10H13FNO/c1-12(2)7-8-6-9(11)4-5-10(8)13-3/h4-6H,1,7H2,2-3H3/q-1. The van der Waals surface area contributed by atoms with Crippen molar-refractivity contribution in [1.82, 2.24) is 4.90 Å². The summed E-state index contributed by atoms with van der Waals surface area (Å²) in [6.45, 7) is 0.570. The molecule has 0 N–H and O–H groups in total. The van der Waals surface area contributed by atoms with Gasteiger partial charge in [0.25, 0.3) is 0 Å². The molecule has 0 aromatic heterocycles. The van der Waals surface area contributed by atoms with E-state index >= 15 is 0 Å². The molecule has 0 atom stereocenters. The summed E-state index contributed by atoms with van der Waals surface area (Å²) in [5.41, 5.74) is 0.806. The molecular formula is C10H13FNO-. The third-order valence-corrected chi connectivity index (χ3v) is 1.68. The van der Waals surface area contributed by atoms with Gasteiger partial charge in [-0.2, -0.15) is 0 Å². The topological polar surface area (TPSA) is 12.5 Å². The first-order chi connectivity index (χ1) is 6.13. The van der Waals surface area contributed by atoms with Crippen molar-refractivity contribution in [2.24, 2.45) is 0 Å². The molecule has 1 rings (SSSR count). The second-order valence-electron chi connectivity index (χ2n) is 2.97. The molecule has 0 amide bonds. The maximum absolute atomic E-state index is 12.8. The van der Waals surface area contributed by atoms with Gasteiger partial charge in [-0.15, -0.1) is 0 Å². The summed E-state index contributed by atoms with van der Waals surface area (Å²) in [5.74, 6) is 0.439. The predicted octanol–water partition coefficient (Wildman–Crippen LogP) is 2.06. The van der Waals surface area contributed by atoms with E-state index < -0.39 is 0 Å². The number of hydrogen-bond acceptors (Lipinski definition) is 2. The number of benzene rings is 1. The second kappa shape index (κ2) is 4.23. The van der Waals surface area contributed by atoms with Gasteiger partial charge in [0.1, 0.15) is 11.6 Å². The number of nitrogens with zero attached hydrogens (tertiary/aromatic N) is 1. The number of halogens is 1. The lowest BCUT2D eigenvalue weighted by Crippen LogP contribution is -2.09. The third kappa shape index (κ3) is 2.70. The Morgan fingerprint density at radius 1 is 1.54 bits per heavy atom. The number of rotatable bonds is 3. The lowest BCUT2D eigenvalue weighted by molar-refractivity contribution is 0.386. The highest BCUT2D eigenvalue weighted by atomic mass is 19.1. The van der Waals surface area contributed by atoms with Crippen LogP contribution in [0.3, 0.4) is 0 Å². The first-order valence-electron chi connectivity index (χ1n) is 3.97. The first-order valence-corrected chi connectivity index (χ1v) is 3.97. The van der Waals surface area contributed by atoms with Crippen LogP contribution in [0.1, 0.15) is 5.56 Å². The summed E-state index contributed by atoms with van der Waals surface area (Å²) in [5, 5.41) is 0. The van der Waals surface area contributed by atoms with Crippen molar-refractivity contribution in [3.05, 3.63) is 36.6 Å². The molecule has 72 valence electrons. The van der Waals surface area contributed by atoms with Crippen LogP contribution in [-0.2, 0) is 6.54 Å². The predicted molar refractivity (Wildman–Crippen MR) is 49.8 cm³/mol. The van der Waals surface area contributed by atoms with Gasteiger partial charge in [-0.05, 0) is 31.8 Å². The highest BCUT2D eigenvalue weighted by Crippen LogP contribution is 2.20. The van der Waals surface area contributed by atoms with Gasteiger partial charge in [0.05, 0.1) is 7.11 Å². The fourth-order valence-corrected chi connectivity index (χ4v) is 1.16. The van der Waals surface area contributed by atoms with Crippen LogP contribution >= 0.6 is 0 Å². The summed E-state index contributed by atoms with van der Waals surface area (Å²) in [7, 11) is 7.09. The summed E-state index contributed by atoms with van der Waals surface area (Å²) in [6, 6.07) is 4.46. The molecule has 13 heavy (non-hydrogen) atoms. The fourth-order valence-electron chi connectivity index (χ4n) is 1.16. The molecule has 0 heterocycles. The minimum atomic E-state index is -0.252. The normalized spacial score (nSPS) is 10.5. The maximum atomic E-state index is 12.8. The van der Waals surface area contributed by atoms with Gasteiger partial charge in [0.2, 0.25) is 0 Å². The minimum absolute atomic E-state index is 0.252. The Hall–Kier alpha value is -1.09. The fraction of sp³-hybridized carbons (Fsp3) is 0.300. The molecule has 1 aromatic carbocycles. The molecule has 1 aromatic rings. The largest absolute Gasteiger partial charge is 0.496 e. The zero-order valence-corrected chi connectivity index (χ0v) is 7.88. The molecule has 0 saturated carbocycles. The Morgan fingerprint density at radius 2 is 2.23 bits per heavy atom. The molecule has 2 nitrogen and oxygen atoms in total. The molecule has 0 bridgehead atoms. The summed E-state index contributed by atoms with van der Waals surface area (Å²) >= 11 is 0. The molecule has 3 heteroatoms. The first kappa shape index (κ1) is 9.99. The van der Waals surface area contributed by atoms with E-state index in [1.54, 1.807) is 18.1 Å². The summed E-state index contributed by atoms with van der Waals surface area (Å²) in [6.07, 6.45) is 0. The maximum Gasteiger partial charge on any atom is 0.123 e. The van der Waals surface area contributed by atoms with E-state index in [1.165, 1.54) is 12.1 Å². The molecule has 0 aliphatic carbocycles. The van der Waals surface area contributed by atoms with Gasteiger partial charge in [-0.1, -0.05) is 0 Å². The van der Waals surface area contributed by atoms with Crippen LogP contribution in [0.25, 0.3) is 0 Å². The van der Waals surface area contributed by atoms with Gasteiger partial charge >= 0.3 is 0 Å². The van der Waals surface area contributed by atoms with E-state index in [0.717, 1.165) is 5.56 Å². The molecule has 0 unspecified atom stereocenters. The Labute approximate surface area is 77.9 Å². The van der Waals surface area contributed by atoms with Crippen LogP contribution in [-0.4, -0.2) is 19.1 Å². The third-order valence-electron chi connectivity index (χ3n) is 1.68. The van der Waals surface area contributed by atoms with Crippen LogP contribution in [0.15, 0.2) is 18.2 Å². The van der Waals surface area contributed by atoms with Crippen molar-refractivity contribution >= 4 is 0 Å². The van der Waals surface area contributed by atoms with E-state index in [1.807, 2.05) is 7.05 Å². The lowest BCUT2D eigenvalue weighted by Gasteiger charge is -2.19. The van der Waals surface area contributed by atoms with E-state index in [9.17, 15) is 4.39 Å². The van der Waals surface area contributed by atoms with Crippen LogP contribution < -0.4 is 4.74 Å². The highest BCUT2D eigenvalue weighted by molar-refractivity contribution is 5.33. The van der Waals surface area contributed by atoms with Crippen molar-refractivity contribution in [3.8, 4) is 5.75 Å². The Bertz CT molecular complexity index is 286. The average molecular weight is 182 g/mol. The van der Waals surface area contributed by atoms with Gasteiger partial charge in [0.15, 0.2) is 0 Å². The Kier molecular flexibility index (Phi) is 3.25. The van der Waals surface area contributed by atoms with Crippen molar-refractivity contribution < 1.29 is 9.13 Å². The van der Waals surface area contributed by atoms with Gasteiger partial charge in [0, 0.05) is 5.56 Å². The van der Waals surface area contributed by atoms with Gasteiger partial charge in [-0.3, -0.25) is 7.05 Å². The molecular weight excluding hydrogens is 169 g/mol. The van der Waals surface area contributed by atoms with Crippen molar-refractivity contribution in [2.75, 3.05) is 14.2 Å². The lowest BCUT2D eigenvalue weighted by atomic mass is 10.2. The monoisotopic (exact) mass is 182 g/mol.